The molecule has 0 saturated heterocycles. The molecular weight excluding hydrogens is 206 g/mol. The van der Waals surface area contributed by atoms with E-state index in [1.54, 1.807) is 0 Å². The second-order valence-electron chi connectivity index (χ2n) is 5.60. The molecule has 1 amide bonds. The summed E-state index contributed by atoms with van der Waals surface area (Å²) < 4.78 is 5.18. The molecule has 0 aromatic rings. The summed E-state index contributed by atoms with van der Waals surface area (Å²) in [6.45, 7) is 7.54. The SMILES string of the molecule is C[C@H]1C[C@@H](C=O)C[C@H]1NC(=O)OC(C)(C)C. The largest absolute Gasteiger partial charge is 0.444 e. The highest BCUT2D eigenvalue weighted by molar-refractivity contribution is 5.68. The Morgan fingerprint density at radius 2 is 2.00 bits per heavy atom. The van der Waals surface area contributed by atoms with E-state index in [2.05, 4.69) is 5.32 Å². The van der Waals surface area contributed by atoms with Crippen molar-refractivity contribution < 1.29 is 14.3 Å². The van der Waals surface area contributed by atoms with Crippen LogP contribution >= 0.6 is 0 Å². The monoisotopic (exact) mass is 227 g/mol. The van der Waals surface area contributed by atoms with Gasteiger partial charge in [0.15, 0.2) is 0 Å². The number of amides is 1. The van der Waals surface area contributed by atoms with Crippen molar-refractivity contribution in [1.82, 2.24) is 5.32 Å². The molecule has 1 aliphatic carbocycles. The fourth-order valence-electron chi connectivity index (χ4n) is 2.07. The van der Waals surface area contributed by atoms with E-state index in [-0.39, 0.29) is 12.0 Å². The van der Waals surface area contributed by atoms with Gasteiger partial charge in [0, 0.05) is 12.0 Å². The molecule has 0 bridgehead atoms. The van der Waals surface area contributed by atoms with Crippen LogP contribution in [0, 0.1) is 11.8 Å². The number of carbonyl (C=O) groups excluding carboxylic acids is 2. The minimum absolute atomic E-state index is 0.0602. The van der Waals surface area contributed by atoms with E-state index >= 15 is 0 Å². The molecule has 1 saturated carbocycles. The summed E-state index contributed by atoms with van der Waals surface area (Å²) in [6, 6.07) is 0.0602. The molecule has 4 heteroatoms. The van der Waals surface area contributed by atoms with Gasteiger partial charge in [0.25, 0.3) is 0 Å². The van der Waals surface area contributed by atoms with Crippen molar-refractivity contribution in [2.24, 2.45) is 11.8 Å². The number of nitrogens with one attached hydrogen (secondary N) is 1. The second kappa shape index (κ2) is 4.85. The van der Waals surface area contributed by atoms with Gasteiger partial charge in [0.2, 0.25) is 0 Å². The molecule has 0 spiro atoms. The average Bonchev–Trinajstić information content (AvgIpc) is 2.44. The second-order valence-corrected chi connectivity index (χ2v) is 5.60. The molecule has 1 aliphatic rings. The maximum absolute atomic E-state index is 11.5. The van der Waals surface area contributed by atoms with Crippen LogP contribution in [0.5, 0.6) is 0 Å². The maximum atomic E-state index is 11.5. The van der Waals surface area contributed by atoms with Gasteiger partial charge in [-0.2, -0.15) is 0 Å². The molecule has 3 atom stereocenters. The summed E-state index contributed by atoms with van der Waals surface area (Å²) in [7, 11) is 0. The predicted octanol–water partition coefficient (Wildman–Crippen LogP) is 2.12. The van der Waals surface area contributed by atoms with Crippen LogP contribution in [-0.2, 0) is 9.53 Å². The first kappa shape index (κ1) is 13.0. The van der Waals surface area contributed by atoms with Crippen LogP contribution in [0.1, 0.15) is 40.5 Å². The predicted molar refractivity (Wildman–Crippen MR) is 61.1 cm³/mol. The number of rotatable bonds is 2. The van der Waals surface area contributed by atoms with Gasteiger partial charge in [0.1, 0.15) is 11.9 Å². The van der Waals surface area contributed by atoms with Crippen LogP contribution in [-0.4, -0.2) is 24.0 Å². The molecule has 1 fully saturated rings. The van der Waals surface area contributed by atoms with Gasteiger partial charge in [-0.1, -0.05) is 6.92 Å². The summed E-state index contributed by atoms with van der Waals surface area (Å²) in [6.07, 6.45) is 2.16. The van der Waals surface area contributed by atoms with Crippen LogP contribution in [0.3, 0.4) is 0 Å². The third-order valence-corrected chi connectivity index (χ3v) is 2.81. The summed E-state index contributed by atoms with van der Waals surface area (Å²) in [5.41, 5.74) is -0.476. The third-order valence-electron chi connectivity index (χ3n) is 2.81. The highest BCUT2D eigenvalue weighted by atomic mass is 16.6. The lowest BCUT2D eigenvalue weighted by Crippen LogP contribution is -2.40. The fourth-order valence-corrected chi connectivity index (χ4v) is 2.07. The molecule has 1 rings (SSSR count). The van der Waals surface area contributed by atoms with Crippen molar-refractivity contribution in [2.45, 2.75) is 52.2 Å². The number of ether oxygens (including phenoxy) is 1. The molecule has 0 aliphatic heterocycles. The first-order valence-corrected chi connectivity index (χ1v) is 5.76. The summed E-state index contributed by atoms with van der Waals surface area (Å²) in [5.74, 6) is 0.414. The van der Waals surface area contributed by atoms with Gasteiger partial charge in [-0.15, -0.1) is 0 Å². The molecule has 0 aromatic heterocycles. The van der Waals surface area contributed by atoms with E-state index in [9.17, 15) is 9.59 Å². The van der Waals surface area contributed by atoms with E-state index in [4.69, 9.17) is 4.74 Å². The average molecular weight is 227 g/mol. The Balaban J connectivity index is 2.43. The number of hydrogen-bond acceptors (Lipinski definition) is 3. The molecule has 0 unspecified atom stereocenters. The van der Waals surface area contributed by atoms with E-state index in [0.29, 0.717) is 5.92 Å². The maximum Gasteiger partial charge on any atom is 0.407 e. The van der Waals surface area contributed by atoms with E-state index in [1.165, 1.54) is 0 Å². The van der Waals surface area contributed by atoms with Crippen molar-refractivity contribution in [1.29, 1.82) is 0 Å². The minimum atomic E-state index is -0.476. The third kappa shape index (κ3) is 3.83. The van der Waals surface area contributed by atoms with Crippen LogP contribution in [0.15, 0.2) is 0 Å². The molecule has 16 heavy (non-hydrogen) atoms. The Kier molecular flexibility index (Phi) is 3.94. The number of hydrogen-bond donors (Lipinski definition) is 1. The smallest absolute Gasteiger partial charge is 0.407 e. The van der Waals surface area contributed by atoms with Crippen molar-refractivity contribution in [3.05, 3.63) is 0 Å². The number of alkyl carbamates (subject to hydrolysis) is 1. The van der Waals surface area contributed by atoms with E-state index in [0.717, 1.165) is 19.1 Å². The molecule has 0 radical (unpaired) electrons. The molecule has 92 valence electrons. The highest BCUT2D eigenvalue weighted by Gasteiger charge is 2.32. The zero-order chi connectivity index (χ0) is 12.3. The van der Waals surface area contributed by atoms with Gasteiger partial charge in [-0.3, -0.25) is 0 Å². The Morgan fingerprint density at radius 3 is 2.44 bits per heavy atom. The van der Waals surface area contributed by atoms with Crippen molar-refractivity contribution >= 4 is 12.4 Å². The standard InChI is InChI=1S/C12H21NO3/c1-8-5-9(7-14)6-10(8)13-11(15)16-12(2,3)4/h7-10H,5-6H2,1-4H3,(H,13,15)/t8-,9+,10+/m0/s1. The zero-order valence-corrected chi connectivity index (χ0v) is 10.4. The molecule has 4 nitrogen and oxygen atoms in total. The van der Waals surface area contributed by atoms with Gasteiger partial charge in [0.05, 0.1) is 0 Å². The van der Waals surface area contributed by atoms with Gasteiger partial charge < -0.3 is 14.8 Å². The van der Waals surface area contributed by atoms with E-state index < -0.39 is 11.7 Å². The zero-order valence-electron chi connectivity index (χ0n) is 10.4. The van der Waals surface area contributed by atoms with Crippen LogP contribution in [0.25, 0.3) is 0 Å². The highest BCUT2D eigenvalue weighted by Crippen LogP contribution is 2.29. The molecule has 0 heterocycles. The van der Waals surface area contributed by atoms with Crippen molar-refractivity contribution in [3.63, 3.8) is 0 Å². The van der Waals surface area contributed by atoms with Crippen molar-refractivity contribution in [3.8, 4) is 0 Å². The summed E-state index contributed by atoms with van der Waals surface area (Å²) in [4.78, 5) is 22.2. The first-order valence-electron chi connectivity index (χ1n) is 5.76. The summed E-state index contributed by atoms with van der Waals surface area (Å²) in [5, 5.41) is 2.83. The molecule has 1 N–H and O–H groups in total. The number of carbonyl (C=O) groups is 2. The normalized spacial score (nSPS) is 29.9. The Bertz CT molecular complexity index is 270. The first-order chi connectivity index (χ1) is 7.31. The van der Waals surface area contributed by atoms with Crippen LogP contribution < -0.4 is 5.32 Å². The van der Waals surface area contributed by atoms with Gasteiger partial charge >= 0.3 is 6.09 Å². The fraction of sp³-hybridized carbons (Fsp3) is 0.833. The quantitative estimate of drug-likeness (QED) is 0.735. The topological polar surface area (TPSA) is 55.4 Å². The molecular formula is C12H21NO3. The minimum Gasteiger partial charge on any atom is -0.444 e. The van der Waals surface area contributed by atoms with Crippen molar-refractivity contribution in [2.75, 3.05) is 0 Å². The molecule has 0 aromatic carbocycles. The van der Waals surface area contributed by atoms with Crippen LogP contribution in [0.4, 0.5) is 4.79 Å². The Morgan fingerprint density at radius 1 is 1.38 bits per heavy atom. The summed E-state index contributed by atoms with van der Waals surface area (Å²) >= 11 is 0. The number of aldehydes is 1. The van der Waals surface area contributed by atoms with Crippen LogP contribution in [0.2, 0.25) is 0 Å². The lowest BCUT2D eigenvalue weighted by Gasteiger charge is -2.23. The Hall–Kier alpha value is -1.06. The lowest BCUT2D eigenvalue weighted by atomic mass is 10.1. The Labute approximate surface area is 96.7 Å². The van der Waals surface area contributed by atoms with Gasteiger partial charge in [-0.05, 0) is 39.5 Å². The van der Waals surface area contributed by atoms with Gasteiger partial charge in [-0.25, -0.2) is 4.79 Å². The lowest BCUT2D eigenvalue weighted by molar-refractivity contribution is -0.111. The van der Waals surface area contributed by atoms with E-state index in [1.807, 2.05) is 27.7 Å².